The van der Waals surface area contributed by atoms with Gasteiger partial charge in [0.2, 0.25) is 5.91 Å². The molecule has 0 aliphatic heterocycles. The lowest BCUT2D eigenvalue weighted by molar-refractivity contribution is -0.129. The summed E-state index contributed by atoms with van der Waals surface area (Å²) in [6.07, 6.45) is 0.720. The Bertz CT molecular complexity index is 412. The van der Waals surface area contributed by atoms with Gasteiger partial charge in [0.1, 0.15) is 11.6 Å². The van der Waals surface area contributed by atoms with E-state index in [0.29, 0.717) is 38.6 Å². The minimum Gasteiger partial charge on any atom is -0.494 e. The fourth-order valence-electron chi connectivity index (χ4n) is 1.65. The third-order valence-corrected chi connectivity index (χ3v) is 2.91. The first-order chi connectivity index (χ1) is 10.1. The number of carbonyl (C=O) groups is 1. The number of methoxy groups -OCH3 is 1. The zero-order chi connectivity index (χ0) is 15.5. The normalized spacial score (nSPS) is 10.4. The number of hydrogen-bond acceptors (Lipinski definition) is 4. The Morgan fingerprint density at radius 3 is 2.67 bits per heavy atom. The second-order valence-electron chi connectivity index (χ2n) is 4.64. The second kappa shape index (κ2) is 10.1. The first-order valence-electron chi connectivity index (χ1n) is 6.95. The van der Waals surface area contributed by atoms with Crippen LogP contribution in [0.25, 0.3) is 0 Å². The van der Waals surface area contributed by atoms with Crippen LogP contribution in [-0.4, -0.2) is 57.8 Å². The summed E-state index contributed by atoms with van der Waals surface area (Å²) in [5, 5.41) is 3.01. The van der Waals surface area contributed by atoms with Crippen molar-refractivity contribution in [2.75, 3.05) is 47.0 Å². The van der Waals surface area contributed by atoms with Gasteiger partial charge in [0.15, 0.2) is 0 Å². The van der Waals surface area contributed by atoms with Gasteiger partial charge in [-0.25, -0.2) is 4.39 Å². The van der Waals surface area contributed by atoms with Crippen LogP contribution in [0.3, 0.4) is 0 Å². The summed E-state index contributed by atoms with van der Waals surface area (Å²) >= 11 is 0. The van der Waals surface area contributed by atoms with E-state index in [1.54, 1.807) is 31.2 Å². The maximum atomic E-state index is 12.7. The van der Waals surface area contributed by atoms with Crippen LogP contribution in [0.15, 0.2) is 24.3 Å². The van der Waals surface area contributed by atoms with Gasteiger partial charge >= 0.3 is 0 Å². The Kier molecular flexibility index (Phi) is 8.38. The van der Waals surface area contributed by atoms with Gasteiger partial charge in [-0.2, -0.15) is 0 Å². The third kappa shape index (κ3) is 7.63. The van der Waals surface area contributed by atoms with E-state index >= 15 is 0 Å². The van der Waals surface area contributed by atoms with Gasteiger partial charge in [-0.05, 0) is 30.7 Å². The molecule has 118 valence electrons. The first kappa shape index (κ1) is 17.4. The van der Waals surface area contributed by atoms with Crippen molar-refractivity contribution in [2.45, 2.75) is 6.42 Å². The molecule has 1 aromatic carbocycles. The maximum Gasteiger partial charge on any atom is 0.236 e. The Morgan fingerprint density at radius 2 is 2.00 bits per heavy atom. The van der Waals surface area contributed by atoms with Crippen LogP contribution in [0.1, 0.15) is 6.42 Å². The van der Waals surface area contributed by atoms with Crippen LogP contribution in [0, 0.1) is 5.82 Å². The van der Waals surface area contributed by atoms with Gasteiger partial charge in [-0.15, -0.1) is 0 Å². The van der Waals surface area contributed by atoms with E-state index in [0.717, 1.165) is 6.42 Å². The van der Waals surface area contributed by atoms with E-state index in [1.807, 2.05) is 0 Å². The zero-order valence-electron chi connectivity index (χ0n) is 12.6. The number of hydrogen-bond donors (Lipinski definition) is 1. The average molecular weight is 298 g/mol. The monoisotopic (exact) mass is 298 g/mol. The molecule has 1 rings (SSSR count). The summed E-state index contributed by atoms with van der Waals surface area (Å²) in [6.45, 7) is 2.65. The van der Waals surface area contributed by atoms with Crippen molar-refractivity contribution in [1.82, 2.24) is 10.2 Å². The average Bonchev–Trinajstić information content (AvgIpc) is 2.49. The minimum absolute atomic E-state index is 0.0351. The summed E-state index contributed by atoms with van der Waals surface area (Å²) in [7, 11) is 3.38. The number of likely N-dealkylation sites (N-methyl/N-ethyl adjacent to an activating group) is 1. The van der Waals surface area contributed by atoms with Crippen LogP contribution in [0.4, 0.5) is 4.39 Å². The number of ether oxygens (including phenoxy) is 2. The van der Waals surface area contributed by atoms with E-state index in [1.165, 1.54) is 12.1 Å². The van der Waals surface area contributed by atoms with Crippen molar-refractivity contribution in [3.63, 3.8) is 0 Å². The number of rotatable bonds is 10. The Morgan fingerprint density at radius 1 is 1.29 bits per heavy atom. The molecular weight excluding hydrogens is 275 g/mol. The molecular formula is C15H23FN2O3. The molecule has 0 aromatic heterocycles. The van der Waals surface area contributed by atoms with E-state index in [-0.39, 0.29) is 11.7 Å². The van der Waals surface area contributed by atoms with Crippen molar-refractivity contribution in [3.8, 4) is 5.75 Å². The molecule has 0 aliphatic rings. The number of nitrogens with zero attached hydrogens (tertiary/aromatic N) is 1. The van der Waals surface area contributed by atoms with Crippen molar-refractivity contribution in [2.24, 2.45) is 0 Å². The maximum absolute atomic E-state index is 12.7. The van der Waals surface area contributed by atoms with Crippen molar-refractivity contribution >= 4 is 5.91 Å². The predicted octanol–water partition coefficient (Wildman–Crippen LogP) is 1.29. The number of halogens is 1. The second-order valence-corrected chi connectivity index (χ2v) is 4.64. The number of amides is 1. The lowest BCUT2D eigenvalue weighted by atomic mass is 10.3. The summed E-state index contributed by atoms with van der Waals surface area (Å²) in [5.41, 5.74) is 0. The van der Waals surface area contributed by atoms with Gasteiger partial charge in [0.25, 0.3) is 0 Å². The van der Waals surface area contributed by atoms with Gasteiger partial charge in [-0.3, -0.25) is 4.79 Å². The van der Waals surface area contributed by atoms with E-state index in [4.69, 9.17) is 9.47 Å². The highest BCUT2D eigenvalue weighted by Gasteiger charge is 2.07. The van der Waals surface area contributed by atoms with E-state index in [9.17, 15) is 9.18 Å². The number of nitrogens with one attached hydrogen (secondary N) is 1. The molecule has 5 nitrogen and oxygen atoms in total. The quantitative estimate of drug-likeness (QED) is 0.661. The molecule has 0 heterocycles. The van der Waals surface area contributed by atoms with E-state index < -0.39 is 0 Å². The molecule has 0 radical (unpaired) electrons. The van der Waals surface area contributed by atoms with Crippen LogP contribution < -0.4 is 10.1 Å². The molecule has 0 fully saturated rings. The molecule has 21 heavy (non-hydrogen) atoms. The lowest BCUT2D eigenvalue weighted by Crippen LogP contribution is -2.37. The Labute approximate surface area is 125 Å². The van der Waals surface area contributed by atoms with Gasteiger partial charge < -0.3 is 19.7 Å². The molecule has 6 heteroatoms. The highest BCUT2D eigenvalue weighted by Crippen LogP contribution is 2.11. The van der Waals surface area contributed by atoms with E-state index in [2.05, 4.69) is 5.32 Å². The number of benzene rings is 1. The van der Waals surface area contributed by atoms with Crippen LogP contribution >= 0.6 is 0 Å². The largest absolute Gasteiger partial charge is 0.494 e. The number of carbonyl (C=O) groups excluding carboxylic acids is 1. The van der Waals surface area contributed by atoms with Gasteiger partial charge in [-0.1, -0.05) is 0 Å². The van der Waals surface area contributed by atoms with Gasteiger partial charge in [0.05, 0.1) is 19.8 Å². The van der Waals surface area contributed by atoms with Crippen molar-refractivity contribution < 1.29 is 18.7 Å². The molecule has 0 unspecified atom stereocenters. The van der Waals surface area contributed by atoms with Gasteiger partial charge in [0, 0.05) is 27.2 Å². The third-order valence-electron chi connectivity index (χ3n) is 2.91. The topological polar surface area (TPSA) is 50.8 Å². The molecule has 0 bridgehead atoms. The fraction of sp³-hybridized carbons (Fsp3) is 0.533. The highest BCUT2D eigenvalue weighted by atomic mass is 19.1. The molecule has 0 spiro atoms. The first-order valence-corrected chi connectivity index (χ1v) is 6.95. The van der Waals surface area contributed by atoms with Crippen molar-refractivity contribution in [3.05, 3.63) is 30.1 Å². The van der Waals surface area contributed by atoms with Crippen molar-refractivity contribution in [1.29, 1.82) is 0 Å². The molecule has 0 saturated heterocycles. The Balaban J connectivity index is 2.10. The summed E-state index contributed by atoms with van der Waals surface area (Å²) in [5.74, 6) is 0.383. The summed E-state index contributed by atoms with van der Waals surface area (Å²) in [6, 6.07) is 5.89. The molecule has 1 N–H and O–H groups in total. The highest BCUT2D eigenvalue weighted by molar-refractivity contribution is 5.77. The SMILES string of the molecule is COCCNCC(=O)N(C)CCCOc1ccc(F)cc1. The molecule has 1 amide bonds. The van der Waals surface area contributed by atoms with Crippen LogP contribution in [0.2, 0.25) is 0 Å². The van der Waals surface area contributed by atoms with Crippen LogP contribution in [-0.2, 0) is 9.53 Å². The fourth-order valence-corrected chi connectivity index (χ4v) is 1.65. The molecule has 0 atom stereocenters. The lowest BCUT2D eigenvalue weighted by Gasteiger charge is -2.17. The summed E-state index contributed by atoms with van der Waals surface area (Å²) < 4.78 is 23.1. The van der Waals surface area contributed by atoms with Crippen LogP contribution in [0.5, 0.6) is 5.75 Å². The smallest absolute Gasteiger partial charge is 0.236 e. The Hall–Kier alpha value is -1.66. The standard InChI is InChI=1S/C15H23FN2O3/c1-18(15(19)12-17-8-11-20-2)9-3-10-21-14-6-4-13(16)5-7-14/h4-7,17H,3,8-12H2,1-2H3. The molecule has 0 aliphatic carbocycles. The predicted molar refractivity (Wildman–Crippen MR) is 78.9 cm³/mol. The molecule has 0 saturated carbocycles. The molecule has 1 aromatic rings. The zero-order valence-corrected chi connectivity index (χ0v) is 12.6. The minimum atomic E-state index is -0.284. The summed E-state index contributed by atoms with van der Waals surface area (Å²) in [4.78, 5) is 13.4.